The third-order valence-electron chi connectivity index (χ3n) is 8.96. The summed E-state index contributed by atoms with van der Waals surface area (Å²) in [6.07, 6.45) is 6.11. The SMILES string of the molecule is C[C@]1([C@H]2CC[C@H]3[C@@H](CC[C@@]3(O)c3ccccc3)[C@@H]2CN)CC[C@H](O)C[C@@H]1CO. The quantitative estimate of drug-likeness (QED) is 0.640. The van der Waals surface area contributed by atoms with Crippen molar-refractivity contribution < 1.29 is 15.3 Å². The first-order valence-corrected chi connectivity index (χ1v) is 11.2. The second kappa shape index (κ2) is 7.71. The standard InChI is InChI=1S/C24H37NO3/c1-23(11-9-18(27)13-17(23)15-26)21-7-8-22-19(20(21)14-25)10-12-24(22,28)16-5-3-2-4-6-16/h2-6,17-22,26-28H,7-15,25H2,1H3/t17-,18+,19+,20+,21+,22+,23+,24-/m1/s1. The van der Waals surface area contributed by atoms with Crippen LogP contribution in [0.1, 0.15) is 57.4 Å². The van der Waals surface area contributed by atoms with Crippen molar-refractivity contribution in [3.8, 4) is 0 Å². The highest BCUT2D eigenvalue weighted by Gasteiger charge is 2.57. The molecule has 0 amide bonds. The summed E-state index contributed by atoms with van der Waals surface area (Å²) in [6, 6.07) is 10.2. The van der Waals surface area contributed by atoms with Gasteiger partial charge in [-0.1, -0.05) is 37.3 Å². The molecule has 0 bridgehead atoms. The van der Waals surface area contributed by atoms with E-state index in [-0.39, 0.29) is 30.0 Å². The van der Waals surface area contributed by atoms with Gasteiger partial charge < -0.3 is 21.1 Å². The number of hydrogen-bond donors (Lipinski definition) is 4. The Hall–Kier alpha value is -0.940. The van der Waals surface area contributed by atoms with Crippen LogP contribution >= 0.6 is 0 Å². The molecule has 4 rings (SSSR count). The molecule has 5 N–H and O–H groups in total. The van der Waals surface area contributed by atoms with Gasteiger partial charge in [0.15, 0.2) is 0 Å². The van der Waals surface area contributed by atoms with Crippen LogP contribution < -0.4 is 5.73 Å². The Morgan fingerprint density at radius 1 is 1.04 bits per heavy atom. The van der Waals surface area contributed by atoms with Crippen LogP contribution in [0.5, 0.6) is 0 Å². The van der Waals surface area contributed by atoms with Crippen molar-refractivity contribution in [1.82, 2.24) is 0 Å². The van der Waals surface area contributed by atoms with Crippen LogP contribution in [0.15, 0.2) is 30.3 Å². The van der Waals surface area contributed by atoms with Crippen molar-refractivity contribution in [2.24, 2.45) is 40.7 Å². The molecule has 28 heavy (non-hydrogen) atoms. The van der Waals surface area contributed by atoms with Crippen molar-refractivity contribution in [2.45, 2.75) is 63.6 Å². The lowest BCUT2D eigenvalue weighted by atomic mass is 9.51. The van der Waals surface area contributed by atoms with Gasteiger partial charge in [0.05, 0.1) is 11.7 Å². The Labute approximate surface area is 169 Å². The summed E-state index contributed by atoms with van der Waals surface area (Å²) in [7, 11) is 0. The van der Waals surface area contributed by atoms with Crippen molar-refractivity contribution in [2.75, 3.05) is 13.2 Å². The average Bonchev–Trinajstić information content (AvgIpc) is 3.08. The number of aliphatic hydroxyl groups excluding tert-OH is 2. The summed E-state index contributed by atoms with van der Waals surface area (Å²) in [6.45, 7) is 3.11. The van der Waals surface area contributed by atoms with Crippen LogP contribution in [-0.2, 0) is 5.60 Å². The number of hydrogen-bond acceptors (Lipinski definition) is 4. The van der Waals surface area contributed by atoms with Gasteiger partial charge in [-0.2, -0.15) is 0 Å². The van der Waals surface area contributed by atoms with E-state index in [9.17, 15) is 15.3 Å². The van der Waals surface area contributed by atoms with E-state index in [0.717, 1.165) is 44.1 Å². The van der Waals surface area contributed by atoms with Gasteiger partial charge in [0.25, 0.3) is 0 Å². The predicted octanol–water partition coefficient (Wildman–Crippen LogP) is 3.04. The fraction of sp³-hybridized carbons (Fsp3) is 0.750. The molecule has 3 fully saturated rings. The molecule has 4 heteroatoms. The predicted molar refractivity (Wildman–Crippen MR) is 110 cm³/mol. The minimum absolute atomic E-state index is 0.0242. The number of rotatable bonds is 4. The first-order chi connectivity index (χ1) is 13.4. The van der Waals surface area contributed by atoms with E-state index in [1.807, 2.05) is 18.2 Å². The van der Waals surface area contributed by atoms with Gasteiger partial charge in [-0.05, 0) is 92.1 Å². The highest BCUT2D eigenvalue weighted by molar-refractivity contribution is 5.26. The Bertz CT molecular complexity index is 667. The van der Waals surface area contributed by atoms with Crippen LogP contribution in [-0.4, -0.2) is 34.6 Å². The number of nitrogens with two attached hydrogens (primary N) is 1. The molecule has 0 radical (unpaired) electrons. The molecule has 0 heterocycles. The van der Waals surface area contributed by atoms with E-state index in [1.54, 1.807) is 0 Å². The molecular weight excluding hydrogens is 350 g/mol. The summed E-state index contributed by atoms with van der Waals surface area (Å²) >= 11 is 0. The molecule has 3 aliphatic rings. The van der Waals surface area contributed by atoms with Gasteiger partial charge >= 0.3 is 0 Å². The Kier molecular flexibility index (Phi) is 5.60. The van der Waals surface area contributed by atoms with E-state index < -0.39 is 5.60 Å². The molecule has 0 aromatic heterocycles. The van der Waals surface area contributed by atoms with Gasteiger partial charge in [0.2, 0.25) is 0 Å². The molecule has 0 spiro atoms. The molecule has 8 atom stereocenters. The van der Waals surface area contributed by atoms with E-state index >= 15 is 0 Å². The third kappa shape index (κ3) is 3.13. The third-order valence-corrected chi connectivity index (χ3v) is 8.96. The van der Waals surface area contributed by atoms with E-state index in [4.69, 9.17) is 5.73 Å². The minimum Gasteiger partial charge on any atom is -0.396 e. The lowest BCUT2D eigenvalue weighted by Gasteiger charge is -2.55. The highest BCUT2D eigenvalue weighted by atomic mass is 16.3. The Balaban J connectivity index is 1.61. The molecule has 0 saturated heterocycles. The molecule has 1 aromatic carbocycles. The number of benzene rings is 1. The second-order valence-electron chi connectivity index (χ2n) is 10.00. The molecule has 3 aliphatic carbocycles. The van der Waals surface area contributed by atoms with Crippen molar-refractivity contribution >= 4 is 0 Å². The molecule has 0 aliphatic heterocycles. The Morgan fingerprint density at radius 3 is 2.43 bits per heavy atom. The maximum absolute atomic E-state index is 11.7. The Morgan fingerprint density at radius 2 is 1.75 bits per heavy atom. The molecular formula is C24H37NO3. The molecule has 3 saturated carbocycles. The fourth-order valence-electron chi connectivity index (χ4n) is 7.38. The van der Waals surface area contributed by atoms with Gasteiger partial charge in [-0.25, -0.2) is 0 Å². The zero-order valence-corrected chi connectivity index (χ0v) is 17.1. The average molecular weight is 388 g/mol. The van der Waals surface area contributed by atoms with Crippen molar-refractivity contribution in [1.29, 1.82) is 0 Å². The van der Waals surface area contributed by atoms with Gasteiger partial charge in [-0.15, -0.1) is 0 Å². The number of aliphatic hydroxyl groups is 3. The monoisotopic (exact) mass is 387 g/mol. The largest absolute Gasteiger partial charge is 0.396 e. The normalized spacial score (nSPS) is 46.3. The lowest BCUT2D eigenvalue weighted by molar-refractivity contribution is -0.104. The van der Waals surface area contributed by atoms with Gasteiger partial charge in [-0.3, -0.25) is 0 Å². The van der Waals surface area contributed by atoms with Gasteiger partial charge in [0, 0.05) is 6.61 Å². The summed E-state index contributed by atoms with van der Waals surface area (Å²) in [5.41, 5.74) is 6.71. The molecule has 0 unspecified atom stereocenters. The van der Waals surface area contributed by atoms with Crippen LogP contribution in [0.2, 0.25) is 0 Å². The summed E-state index contributed by atoms with van der Waals surface area (Å²) in [4.78, 5) is 0. The summed E-state index contributed by atoms with van der Waals surface area (Å²) < 4.78 is 0. The fourth-order valence-corrected chi connectivity index (χ4v) is 7.38. The van der Waals surface area contributed by atoms with E-state index in [0.29, 0.717) is 30.7 Å². The topological polar surface area (TPSA) is 86.7 Å². The zero-order chi connectivity index (χ0) is 19.9. The first kappa shape index (κ1) is 20.3. The maximum atomic E-state index is 11.7. The van der Waals surface area contributed by atoms with Crippen molar-refractivity contribution in [3.05, 3.63) is 35.9 Å². The van der Waals surface area contributed by atoms with Crippen LogP contribution in [0, 0.1) is 35.0 Å². The highest BCUT2D eigenvalue weighted by Crippen LogP contribution is 2.61. The molecule has 156 valence electrons. The first-order valence-electron chi connectivity index (χ1n) is 11.2. The van der Waals surface area contributed by atoms with Crippen LogP contribution in [0.3, 0.4) is 0 Å². The number of fused-ring (bicyclic) bond motifs is 1. The molecule has 1 aromatic rings. The lowest BCUT2D eigenvalue weighted by Crippen LogP contribution is -2.52. The molecule has 4 nitrogen and oxygen atoms in total. The maximum Gasteiger partial charge on any atom is 0.0927 e. The van der Waals surface area contributed by atoms with Crippen molar-refractivity contribution in [3.63, 3.8) is 0 Å². The second-order valence-corrected chi connectivity index (χ2v) is 10.00. The van der Waals surface area contributed by atoms with E-state index in [2.05, 4.69) is 19.1 Å². The van der Waals surface area contributed by atoms with Crippen LogP contribution in [0.25, 0.3) is 0 Å². The van der Waals surface area contributed by atoms with E-state index in [1.165, 1.54) is 0 Å². The zero-order valence-electron chi connectivity index (χ0n) is 17.1. The van der Waals surface area contributed by atoms with Crippen LogP contribution in [0.4, 0.5) is 0 Å². The smallest absolute Gasteiger partial charge is 0.0927 e. The summed E-state index contributed by atoms with van der Waals surface area (Å²) in [5.74, 6) is 1.69. The van der Waals surface area contributed by atoms with Gasteiger partial charge in [0.1, 0.15) is 0 Å². The minimum atomic E-state index is -0.732. The summed E-state index contributed by atoms with van der Waals surface area (Å²) in [5, 5.41) is 31.9.